The first-order chi connectivity index (χ1) is 22.5. The maximum absolute atomic E-state index is 5.01. The van der Waals surface area contributed by atoms with Crippen LogP contribution in [0.2, 0.25) is 0 Å². The molecule has 0 unspecified atom stereocenters. The van der Waals surface area contributed by atoms with Gasteiger partial charge in [-0.1, -0.05) is 124 Å². The number of rotatable bonds is 4. The highest BCUT2D eigenvalue weighted by molar-refractivity contribution is 9.10. The van der Waals surface area contributed by atoms with Crippen molar-refractivity contribution in [1.82, 2.24) is 4.98 Å². The van der Waals surface area contributed by atoms with Crippen LogP contribution < -0.4 is 10.2 Å². The predicted molar refractivity (Wildman–Crippen MR) is 204 cm³/mol. The van der Waals surface area contributed by atoms with Crippen LogP contribution in [-0.4, -0.2) is 4.98 Å². The molecule has 1 aliphatic heterocycles. The summed E-state index contributed by atoms with van der Waals surface area (Å²) >= 11 is 3.75. The van der Waals surface area contributed by atoms with Crippen LogP contribution in [0.5, 0.6) is 0 Å². The summed E-state index contributed by atoms with van der Waals surface area (Å²) in [5, 5.41) is 3.74. The SMILES string of the molecule is CC(C)(C)c1cc(Br)cc(Nc2ccc3c(c2)N(c2cc(C(C)(C)C)ccn2)c2ccccc2-c2cc(-c4ccccc4)ccc2-3)c1. The fraction of sp³-hybridized carbons (Fsp3) is 0.186. The van der Waals surface area contributed by atoms with E-state index in [1.54, 1.807) is 0 Å². The minimum absolute atomic E-state index is 0.0195. The van der Waals surface area contributed by atoms with Crippen LogP contribution in [0.25, 0.3) is 33.4 Å². The first kappa shape index (κ1) is 31.0. The van der Waals surface area contributed by atoms with E-state index in [1.165, 1.54) is 38.9 Å². The second-order valence-corrected chi connectivity index (χ2v) is 15.4. The third-order valence-electron chi connectivity index (χ3n) is 8.98. The lowest BCUT2D eigenvalue weighted by Gasteiger charge is -2.28. The Morgan fingerprint density at radius 1 is 0.532 bits per heavy atom. The number of para-hydroxylation sites is 1. The number of anilines is 5. The van der Waals surface area contributed by atoms with Crippen molar-refractivity contribution in [2.75, 3.05) is 10.2 Å². The summed E-state index contributed by atoms with van der Waals surface area (Å²) in [5.41, 5.74) is 13.9. The van der Waals surface area contributed by atoms with E-state index in [4.69, 9.17) is 4.98 Å². The molecule has 0 saturated carbocycles. The average Bonchev–Trinajstić information content (AvgIpc) is 3.16. The van der Waals surface area contributed by atoms with Gasteiger partial charge >= 0.3 is 0 Å². The van der Waals surface area contributed by atoms with Gasteiger partial charge < -0.3 is 5.32 Å². The van der Waals surface area contributed by atoms with Gasteiger partial charge in [-0.15, -0.1) is 0 Å². The number of benzene rings is 5. The number of nitrogens with one attached hydrogen (secondary N) is 1. The topological polar surface area (TPSA) is 28.2 Å². The Kier molecular flexibility index (Phi) is 7.80. The smallest absolute Gasteiger partial charge is 0.137 e. The van der Waals surface area contributed by atoms with E-state index in [2.05, 4.69) is 189 Å². The zero-order chi connectivity index (χ0) is 32.9. The van der Waals surface area contributed by atoms with Gasteiger partial charge in [-0.3, -0.25) is 4.90 Å². The van der Waals surface area contributed by atoms with Gasteiger partial charge in [0.2, 0.25) is 0 Å². The molecule has 7 rings (SSSR count). The molecule has 1 aromatic heterocycles. The fourth-order valence-corrected chi connectivity index (χ4v) is 6.87. The second-order valence-electron chi connectivity index (χ2n) is 14.5. The molecule has 0 atom stereocenters. The predicted octanol–water partition coefficient (Wildman–Crippen LogP) is 13.0. The van der Waals surface area contributed by atoms with Gasteiger partial charge in [0.1, 0.15) is 5.82 Å². The van der Waals surface area contributed by atoms with E-state index in [-0.39, 0.29) is 10.8 Å². The molecule has 0 fully saturated rings. The van der Waals surface area contributed by atoms with Crippen LogP contribution in [0.3, 0.4) is 0 Å². The summed E-state index contributed by atoms with van der Waals surface area (Å²) in [5.74, 6) is 0.900. The van der Waals surface area contributed by atoms with Crippen molar-refractivity contribution in [3.8, 4) is 33.4 Å². The van der Waals surface area contributed by atoms with E-state index in [1.807, 2.05) is 6.20 Å². The Morgan fingerprint density at radius 2 is 1.23 bits per heavy atom. The zero-order valence-corrected chi connectivity index (χ0v) is 29.5. The van der Waals surface area contributed by atoms with Gasteiger partial charge in [0.05, 0.1) is 11.4 Å². The Bertz CT molecular complexity index is 2100. The van der Waals surface area contributed by atoms with Gasteiger partial charge in [0, 0.05) is 33.2 Å². The number of fused-ring (bicyclic) bond motifs is 5. The summed E-state index contributed by atoms with van der Waals surface area (Å²) in [7, 11) is 0. The molecule has 1 N–H and O–H groups in total. The van der Waals surface area contributed by atoms with E-state index in [0.717, 1.165) is 38.6 Å². The van der Waals surface area contributed by atoms with Crippen molar-refractivity contribution in [3.63, 3.8) is 0 Å². The zero-order valence-electron chi connectivity index (χ0n) is 27.9. The lowest BCUT2D eigenvalue weighted by atomic mass is 9.87. The Morgan fingerprint density at radius 3 is 2.00 bits per heavy atom. The maximum atomic E-state index is 5.01. The summed E-state index contributed by atoms with van der Waals surface area (Å²) in [6, 6.07) is 43.9. The largest absolute Gasteiger partial charge is 0.355 e. The molecule has 0 amide bonds. The van der Waals surface area contributed by atoms with Gasteiger partial charge in [0.25, 0.3) is 0 Å². The maximum Gasteiger partial charge on any atom is 0.137 e. The fourth-order valence-electron chi connectivity index (χ4n) is 6.38. The third kappa shape index (κ3) is 6.11. The molecular weight excluding hydrogens is 638 g/mol. The van der Waals surface area contributed by atoms with Crippen LogP contribution in [0.4, 0.5) is 28.6 Å². The summed E-state index contributed by atoms with van der Waals surface area (Å²) < 4.78 is 1.06. The molecular formula is C43H40BrN3. The van der Waals surface area contributed by atoms with Crippen molar-refractivity contribution in [2.24, 2.45) is 0 Å². The third-order valence-corrected chi connectivity index (χ3v) is 9.44. The van der Waals surface area contributed by atoms with Crippen LogP contribution >= 0.6 is 15.9 Å². The first-order valence-corrected chi connectivity index (χ1v) is 17.0. The number of aromatic nitrogens is 1. The van der Waals surface area contributed by atoms with Gasteiger partial charge in [-0.2, -0.15) is 0 Å². The van der Waals surface area contributed by atoms with Crippen LogP contribution in [0, 0.1) is 0 Å². The lowest BCUT2D eigenvalue weighted by Crippen LogP contribution is -2.16. The van der Waals surface area contributed by atoms with Crippen molar-refractivity contribution in [1.29, 1.82) is 0 Å². The van der Waals surface area contributed by atoms with Crippen molar-refractivity contribution >= 4 is 44.5 Å². The number of nitrogens with zero attached hydrogens (tertiary/aromatic N) is 2. The highest BCUT2D eigenvalue weighted by Crippen LogP contribution is 2.52. The van der Waals surface area contributed by atoms with Crippen LogP contribution in [0.1, 0.15) is 52.7 Å². The minimum Gasteiger partial charge on any atom is -0.355 e. The quantitative estimate of drug-likeness (QED) is 0.201. The number of pyridine rings is 1. The van der Waals surface area contributed by atoms with E-state index in [0.29, 0.717) is 0 Å². The Balaban J connectivity index is 1.46. The lowest BCUT2D eigenvalue weighted by molar-refractivity contribution is 0.589. The molecule has 0 saturated heterocycles. The minimum atomic E-state index is -0.0195. The molecule has 6 aromatic rings. The molecule has 5 aromatic carbocycles. The molecule has 234 valence electrons. The van der Waals surface area contributed by atoms with Gasteiger partial charge in [-0.05, 0) is 98.8 Å². The normalized spacial score (nSPS) is 12.5. The number of hydrogen-bond acceptors (Lipinski definition) is 3. The number of hydrogen-bond donors (Lipinski definition) is 1. The molecule has 4 heteroatoms. The van der Waals surface area contributed by atoms with Crippen LogP contribution in [0.15, 0.2) is 132 Å². The van der Waals surface area contributed by atoms with E-state index in [9.17, 15) is 0 Å². The van der Waals surface area contributed by atoms with E-state index >= 15 is 0 Å². The summed E-state index contributed by atoms with van der Waals surface area (Å²) in [6.45, 7) is 13.5. The summed E-state index contributed by atoms with van der Waals surface area (Å²) in [4.78, 5) is 7.35. The Hall–Kier alpha value is -4.67. The first-order valence-electron chi connectivity index (χ1n) is 16.2. The van der Waals surface area contributed by atoms with Gasteiger partial charge in [0.15, 0.2) is 0 Å². The van der Waals surface area contributed by atoms with Crippen molar-refractivity contribution < 1.29 is 0 Å². The highest BCUT2D eigenvalue weighted by Gasteiger charge is 2.28. The molecule has 0 radical (unpaired) electrons. The van der Waals surface area contributed by atoms with Crippen molar-refractivity contribution in [3.05, 3.63) is 143 Å². The second kappa shape index (κ2) is 11.8. The molecule has 3 nitrogen and oxygen atoms in total. The molecule has 47 heavy (non-hydrogen) atoms. The van der Waals surface area contributed by atoms with Crippen LogP contribution in [-0.2, 0) is 10.8 Å². The number of halogens is 1. The molecule has 0 bridgehead atoms. The molecule has 0 spiro atoms. The molecule has 0 aliphatic carbocycles. The van der Waals surface area contributed by atoms with Gasteiger partial charge in [-0.25, -0.2) is 4.98 Å². The molecule has 1 aliphatic rings. The average molecular weight is 679 g/mol. The molecule has 2 heterocycles. The summed E-state index contributed by atoms with van der Waals surface area (Å²) in [6.07, 6.45) is 1.95. The van der Waals surface area contributed by atoms with E-state index < -0.39 is 0 Å². The monoisotopic (exact) mass is 677 g/mol. The standard InChI is InChI=1S/C43H40BrN3/c1-42(2,3)30-20-21-45-41(25-30)47-39-15-11-10-14-36(39)38-22-29(28-12-8-7-9-13-28)16-18-35(38)37-19-17-33(27-40(37)47)46-34-24-31(43(4,5)6)23-32(44)26-34/h7-27,46H,1-6H3. The highest BCUT2D eigenvalue weighted by atomic mass is 79.9. The Labute approximate surface area is 287 Å². The van der Waals surface area contributed by atoms with Crippen molar-refractivity contribution in [2.45, 2.75) is 52.4 Å².